The van der Waals surface area contributed by atoms with Crippen LogP contribution in [0, 0.1) is 5.92 Å². The molecule has 0 heterocycles. The van der Waals surface area contributed by atoms with Crippen LogP contribution in [0.15, 0.2) is 24.3 Å². The summed E-state index contributed by atoms with van der Waals surface area (Å²) in [6.45, 7) is 3.99. The highest BCUT2D eigenvalue weighted by molar-refractivity contribution is 6.34. The van der Waals surface area contributed by atoms with Gasteiger partial charge in [-0.1, -0.05) is 49.2 Å². The lowest BCUT2D eigenvalue weighted by Gasteiger charge is -2.23. The van der Waals surface area contributed by atoms with Gasteiger partial charge in [-0.15, -0.1) is 0 Å². The van der Waals surface area contributed by atoms with E-state index in [0.29, 0.717) is 22.9 Å². The Hall–Kier alpha value is -1.56. The highest BCUT2D eigenvalue weighted by Gasteiger charge is 2.27. The van der Waals surface area contributed by atoms with Gasteiger partial charge in [0.2, 0.25) is 0 Å². The molecule has 1 rings (SSSR count). The number of hydrogen-bond acceptors (Lipinski definition) is 5. The zero-order valence-electron chi connectivity index (χ0n) is 15.4. The Kier molecular flexibility index (Phi) is 9.70. The van der Waals surface area contributed by atoms with Gasteiger partial charge in [0.25, 0.3) is 0 Å². The molecular weight excluding hydrogens is 377 g/mol. The quantitative estimate of drug-likeness (QED) is 0.630. The monoisotopic (exact) mass is 401 g/mol. The molecule has 1 aromatic carbocycles. The average molecular weight is 402 g/mol. The van der Waals surface area contributed by atoms with Crippen molar-refractivity contribution in [3.8, 4) is 0 Å². The molecule has 2 atom stereocenters. The van der Waals surface area contributed by atoms with Crippen molar-refractivity contribution >= 4 is 41.2 Å². The van der Waals surface area contributed by atoms with E-state index in [1.54, 1.807) is 24.3 Å². The summed E-state index contributed by atoms with van der Waals surface area (Å²) in [5.74, 6) is -0.594. The predicted molar refractivity (Wildman–Crippen MR) is 104 cm³/mol. The van der Waals surface area contributed by atoms with E-state index >= 15 is 0 Å². The number of benzene rings is 1. The number of nitrogens with one attached hydrogen (secondary N) is 1. The summed E-state index contributed by atoms with van der Waals surface area (Å²) in [6, 6.07) is 3.92. The van der Waals surface area contributed by atoms with Crippen LogP contribution in [0.1, 0.15) is 32.3 Å². The molecule has 1 N–H and O–H groups in total. The molecule has 0 saturated carbocycles. The van der Waals surface area contributed by atoms with E-state index in [9.17, 15) is 9.59 Å². The third-order valence-corrected chi connectivity index (χ3v) is 4.08. The Morgan fingerprint density at radius 2 is 1.58 bits per heavy atom. The van der Waals surface area contributed by atoms with Gasteiger partial charge < -0.3 is 9.47 Å². The maximum absolute atomic E-state index is 12.1. The third-order valence-electron chi connectivity index (χ3n) is 3.65. The van der Waals surface area contributed by atoms with E-state index in [-0.39, 0.29) is 5.92 Å². The second-order valence-electron chi connectivity index (χ2n) is 6.29. The SMILES string of the molecule is COC(=O)C(C/C=C/c1cc(Cl)cc(Cl)c1)NC(CC(C)C)C(=O)OC. The van der Waals surface area contributed by atoms with E-state index in [1.807, 2.05) is 19.9 Å². The Labute approximate surface area is 164 Å². The summed E-state index contributed by atoms with van der Waals surface area (Å²) in [6.07, 6.45) is 4.50. The molecule has 2 unspecified atom stereocenters. The summed E-state index contributed by atoms with van der Waals surface area (Å²) in [4.78, 5) is 24.1. The number of rotatable bonds is 9. The zero-order valence-corrected chi connectivity index (χ0v) is 16.9. The Morgan fingerprint density at radius 3 is 2.08 bits per heavy atom. The molecule has 0 radical (unpaired) electrons. The second kappa shape index (κ2) is 11.2. The maximum atomic E-state index is 12.1. The fourth-order valence-corrected chi connectivity index (χ4v) is 3.02. The molecule has 0 aliphatic heterocycles. The van der Waals surface area contributed by atoms with Gasteiger partial charge in [-0.25, -0.2) is 0 Å². The summed E-state index contributed by atoms with van der Waals surface area (Å²) >= 11 is 12.0. The minimum Gasteiger partial charge on any atom is -0.468 e. The number of hydrogen-bond donors (Lipinski definition) is 1. The fourth-order valence-electron chi connectivity index (χ4n) is 2.47. The summed E-state index contributed by atoms with van der Waals surface area (Å²) < 4.78 is 9.67. The molecule has 5 nitrogen and oxygen atoms in total. The van der Waals surface area contributed by atoms with Gasteiger partial charge in [-0.3, -0.25) is 14.9 Å². The lowest BCUT2D eigenvalue weighted by atomic mass is 10.0. The minimum absolute atomic E-state index is 0.258. The number of methoxy groups -OCH3 is 2. The third kappa shape index (κ3) is 7.77. The van der Waals surface area contributed by atoms with Gasteiger partial charge >= 0.3 is 11.9 Å². The molecule has 0 saturated heterocycles. The molecular formula is C19H25Cl2NO4. The molecule has 0 spiro atoms. The van der Waals surface area contributed by atoms with Gasteiger partial charge in [0, 0.05) is 10.0 Å². The largest absolute Gasteiger partial charge is 0.468 e. The molecule has 0 bridgehead atoms. The van der Waals surface area contributed by atoms with Crippen molar-refractivity contribution in [2.45, 2.75) is 38.8 Å². The van der Waals surface area contributed by atoms with Crippen molar-refractivity contribution in [1.82, 2.24) is 5.32 Å². The lowest BCUT2D eigenvalue weighted by Crippen LogP contribution is -2.48. The average Bonchev–Trinajstić information content (AvgIpc) is 2.57. The van der Waals surface area contributed by atoms with E-state index in [1.165, 1.54) is 14.2 Å². The van der Waals surface area contributed by atoms with Gasteiger partial charge in [0.05, 0.1) is 14.2 Å². The molecule has 0 aliphatic carbocycles. The highest BCUT2D eigenvalue weighted by Crippen LogP contribution is 2.20. The van der Waals surface area contributed by atoms with E-state index in [0.717, 1.165) is 5.56 Å². The van der Waals surface area contributed by atoms with Gasteiger partial charge in [0.1, 0.15) is 12.1 Å². The van der Waals surface area contributed by atoms with Crippen LogP contribution in [0.4, 0.5) is 0 Å². The van der Waals surface area contributed by atoms with Crippen LogP contribution in [0.2, 0.25) is 10.0 Å². The molecule has 0 amide bonds. The number of esters is 2. The highest BCUT2D eigenvalue weighted by atomic mass is 35.5. The number of halogens is 2. The van der Waals surface area contributed by atoms with Crippen molar-refractivity contribution in [2.75, 3.05) is 14.2 Å². The lowest BCUT2D eigenvalue weighted by molar-refractivity contribution is -0.146. The molecule has 26 heavy (non-hydrogen) atoms. The zero-order chi connectivity index (χ0) is 19.7. The van der Waals surface area contributed by atoms with E-state index in [2.05, 4.69) is 5.32 Å². The number of ether oxygens (including phenoxy) is 2. The first kappa shape index (κ1) is 22.5. The maximum Gasteiger partial charge on any atom is 0.323 e. The molecule has 0 fully saturated rings. The Bertz CT molecular complexity index is 626. The van der Waals surface area contributed by atoms with E-state index in [4.69, 9.17) is 32.7 Å². The van der Waals surface area contributed by atoms with Crippen LogP contribution in [-0.2, 0) is 19.1 Å². The molecule has 144 valence electrons. The number of carbonyl (C=O) groups is 2. The predicted octanol–water partition coefficient (Wildman–Crippen LogP) is 4.12. The van der Waals surface area contributed by atoms with Crippen LogP contribution < -0.4 is 5.32 Å². The van der Waals surface area contributed by atoms with Crippen molar-refractivity contribution in [3.63, 3.8) is 0 Å². The fraction of sp³-hybridized carbons (Fsp3) is 0.474. The first-order valence-corrected chi connectivity index (χ1v) is 9.06. The first-order chi connectivity index (χ1) is 12.3. The first-order valence-electron chi connectivity index (χ1n) is 8.31. The summed E-state index contributed by atoms with van der Waals surface area (Å²) in [7, 11) is 2.64. The Balaban J connectivity index is 2.86. The second-order valence-corrected chi connectivity index (χ2v) is 7.16. The molecule has 1 aromatic rings. The molecule has 7 heteroatoms. The summed E-state index contributed by atoms with van der Waals surface area (Å²) in [5.41, 5.74) is 0.817. The van der Waals surface area contributed by atoms with Gasteiger partial charge in [-0.2, -0.15) is 0 Å². The van der Waals surface area contributed by atoms with Crippen molar-refractivity contribution in [2.24, 2.45) is 5.92 Å². The van der Waals surface area contributed by atoms with Crippen LogP contribution in [0.5, 0.6) is 0 Å². The molecule has 0 aliphatic rings. The van der Waals surface area contributed by atoms with Crippen LogP contribution >= 0.6 is 23.2 Å². The normalized spacial score (nSPS) is 13.7. The molecule has 0 aromatic heterocycles. The van der Waals surface area contributed by atoms with Crippen LogP contribution in [-0.4, -0.2) is 38.2 Å². The minimum atomic E-state index is -0.672. The van der Waals surface area contributed by atoms with Crippen molar-refractivity contribution in [3.05, 3.63) is 39.9 Å². The standard InChI is InChI=1S/C19H25Cl2NO4/c1-12(2)8-17(19(24)26-4)22-16(18(23)25-3)7-5-6-13-9-14(20)11-15(21)10-13/h5-6,9-12,16-17,22H,7-8H2,1-4H3/b6-5+. The van der Waals surface area contributed by atoms with Gasteiger partial charge in [0.15, 0.2) is 0 Å². The number of carbonyl (C=O) groups excluding carboxylic acids is 2. The van der Waals surface area contributed by atoms with Crippen molar-refractivity contribution < 1.29 is 19.1 Å². The Morgan fingerprint density at radius 1 is 1.04 bits per heavy atom. The van der Waals surface area contributed by atoms with E-state index < -0.39 is 24.0 Å². The topological polar surface area (TPSA) is 64.6 Å². The summed E-state index contributed by atoms with van der Waals surface area (Å²) in [5, 5.41) is 4.10. The van der Waals surface area contributed by atoms with Crippen LogP contribution in [0.25, 0.3) is 6.08 Å². The van der Waals surface area contributed by atoms with Crippen LogP contribution in [0.3, 0.4) is 0 Å². The smallest absolute Gasteiger partial charge is 0.323 e. The van der Waals surface area contributed by atoms with Gasteiger partial charge in [-0.05, 0) is 42.5 Å². The van der Waals surface area contributed by atoms with Crippen molar-refractivity contribution in [1.29, 1.82) is 0 Å².